The summed E-state index contributed by atoms with van der Waals surface area (Å²) < 4.78 is 17.3. The van der Waals surface area contributed by atoms with Gasteiger partial charge in [0.05, 0.1) is 24.7 Å². The third kappa shape index (κ3) is 3.09. The van der Waals surface area contributed by atoms with Crippen LogP contribution in [-0.4, -0.2) is 13.4 Å². The van der Waals surface area contributed by atoms with Crippen molar-refractivity contribution in [1.82, 2.24) is 0 Å². The van der Waals surface area contributed by atoms with E-state index in [4.69, 9.17) is 13.3 Å². The van der Waals surface area contributed by atoms with Crippen LogP contribution in [0.2, 0.25) is 0 Å². The van der Waals surface area contributed by atoms with Crippen LogP contribution in [0, 0.1) is 0 Å². The van der Waals surface area contributed by atoms with Crippen LogP contribution < -0.4 is 14.3 Å². The fourth-order valence-corrected chi connectivity index (χ4v) is 2.88. The van der Waals surface area contributed by atoms with Crippen LogP contribution in [0.4, 0.5) is 0 Å². The highest BCUT2D eigenvalue weighted by Crippen LogP contribution is 2.32. The van der Waals surface area contributed by atoms with E-state index in [-0.39, 0.29) is 5.43 Å². The summed E-state index contributed by atoms with van der Waals surface area (Å²) in [4.78, 5) is 12.9. The van der Waals surface area contributed by atoms with Crippen molar-refractivity contribution in [3.8, 4) is 22.6 Å². The van der Waals surface area contributed by atoms with E-state index in [0.717, 1.165) is 10.0 Å². The highest BCUT2D eigenvalue weighted by atomic mass is 79.9. The molecule has 23 heavy (non-hydrogen) atoms. The maximum absolute atomic E-state index is 12.9. The Morgan fingerprint density at radius 2 is 1.91 bits per heavy atom. The number of halogens is 1. The predicted molar refractivity (Wildman–Crippen MR) is 96.3 cm³/mol. The van der Waals surface area contributed by atoms with Gasteiger partial charge in [-0.25, -0.2) is 0 Å². The Balaban J connectivity index is 2.24. The van der Waals surface area contributed by atoms with Crippen molar-refractivity contribution in [3.63, 3.8) is 0 Å². The molecule has 0 radical (unpaired) electrons. The number of methoxy groups -OCH3 is 1. The molecule has 4 nitrogen and oxygen atoms in total. The first kappa shape index (κ1) is 16.0. The molecule has 0 saturated carbocycles. The van der Waals surface area contributed by atoms with Crippen molar-refractivity contribution in [2.75, 3.05) is 13.4 Å². The second kappa shape index (κ2) is 6.68. The lowest BCUT2D eigenvalue weighted by atomic mass is 10.1. The summed E-state index contributed by atoms with van der Waals surface area (Å²) in [6.07, 6.45) is 3.28. The molecule has 1 heterocycles. The van der Waals surface area contributed by atoms with E-state index in [9.17, 15) is 4.79 Å². The lowest BCUT2D eigenvalue weighted by molar-refractivity contribution is 0.417. The zero-order valence-electron chi connectivity index (χ0n) is 12.5. The Labute approximate surface area is 145 Å². The summed E-state index contributed by atoms with van der Waals surface area (Å²) in [5.74, 6) is 1.00. The van der Waals surface area contributed by atoms with Crippen LogP contribution in [-0.2, 0) is 0 Å². The Morgan fingerprint density at radius 1 is 1.17 bits per heavy atom. The topological polar surface area (TPSA) is 48.7 Å². The lowest BCUT2D eigenvalue weighted by Crippen LogP contribution is -2.06. The van der Waals surface area contributed by atoms with Crippen LogP contribution in [0.5, 0.6) is 11.5 Å². The standard InChI is InChI=1S/C17H13BrO4S/c1-20-14-7-12(22-23-2)8-15-16(14)17(19)13(9-21-15)10-3-5-11(18)6-4-10/h3-9H,1-2H3. The molecule has 0 N–H and O–H groups in total. The number of benzene rings is 2. The molecule has 0 aliphatic rings. The van der Waals surface area contributed by atoms with Crippen molar-refractivity contribution in [2.45, 2.75) is 0 Å². The SMILES string of the molecule is COc1cc(OSC)cc2occ(-c3ccc(Br)cc3)c(=O)c12. The summed E-state index contributed by atoms with van der Waals surface area (Å²) in [7, 11) is 1.52. The first-order valence-electron chi connectivity index (χ1n) is 6.74. The second-order valence-corrected chi connectivity index (χ2v) is 6.15. The molecule has 0 amide bonds. The Morgan fingerprint density at radius 3 is 2.57 bits per heavy atom. The largest absolute Gasteiger partial charge is 0.496 e. The normalized spacial score (nSPS) is 10.7. The van der Waals surface area contributed by atoms with Crippen LogP contribution in [0.25, 0.3) is 22.1 Å². The zero-order valence-corrected chi connectivity index (χ0v) is 14.9. The van der Waals surface area contributed by atoms with Gasteiger partial charge in [-0.1, -0.05) is 28.1 Å². The number of hydrogen-bond acceptors (Lipinski definition) is 5. The third-order valence-electron chi connectivity index (χ3n) is 3.37. The minimum absolute atomic E-state index is 0.138. The van der Waals surface area contributed by atoms with Crippen molar-refractivity contribution in [1.29, 1.82) is 0 Å². The molecule has 6 heteroatoms. The maximum Gasteiger partial charge on any atom is 0.204 e. The third-order valence-corrected chi connectivity index (χ3v) is 4.26. The Bertz CT molecular complexity index is 903. The number of rotatable bonds is 4. The zero-order chi connectivity index (χ0) is 16.4. The Kier molecular flexibility index (Phi) is 4.63. The molecule has 0 atom stereocenters. The quantitative estimate of drug-likeness (QED) is 0.591. The van der Waals surface area contributed by atoms with Crippen LogP contribution in [0.15, 0.2) is 56.3 Å². The molecule has 1 aromatic heterocycles. The van der Waals surface area contributed by atoms with Crippen molar-refractivity contribution in [3.05, 3.63) is 57.4 Å². The van der Waals surface area contributed by atoms with E-state index in [1.165, 1.54) is 25.4 Å². The van der Waals surface area contributed by atoms with Gasteiger partial charge in [-0.3, -0.25) is 4.79 Å². The van der Waals surface area contributed by atoms with E-state index in [1.807, 2.05) is 30.5 Å². The van der Waals surface area contributed by atoms with Crippen LogP contribution >= 0.6 is 28.0 Å². The highest BCUT2D eigenvalue weighted by molar-refractivity contribution is 9.10. The van der Waals surface area contributed by atoms with Crippen molar-refractivity contribution in [2.24, 2.45) is 0 Å². The number of ether oxygens (including phenoxy) is 1. The van der Waals surface area contributed by atoms with E-state index < -0.39 is 0 Å². The van der Waals surface area contributed by atoms with Crippen molar-refractivity contribution < 1.29 is 13.3 Å². The molecule has 2 aromatic carbocycles. The molecule has 0 bridgehead atoms. The number of hydrogen-bond donors (Lipinski definition) is 0. The molecule has 0 spiro atoms. The molecule has 0 fully saturated rings. The predicted octanol–water partition coefficient (Wildman–Crippen LogP) is 4.89. The van der Waals surface area contributed by atoms with Crippen LogP contribution in [0.3, 0.4) is 0 Å². The average molecular weight is 393 g/mol. The molecule has 0 unspecified atom stereocenters. The van der Waals surface area contributed by atoms with Gasteiger partial charge in [0.1, 0.15) is 28.7 Å². The van der Waals surface area contributed by atoms with Crippen molar-refractivity contribution >= 4 is 38.9 Å². The van der Waals surface area contributed by atoms with Gasteiger partial charge in [0.15, 0.2) is 0 Å². The Hall–Kier alpha value is -1.92. The van der Waals surface area contributed by atoms with Gasteiger partial charge >= 0.3 is 0 Å². The second-order valence-electron chi connectivity index (χ2n) is 4.73. The van der Waals surface area contributed by atoms with E-state index >= 15 is 0 Å². The van der Waals surface area contributed by atoms with Gasteiger partial charge in [-0.15, -0.1) is 0 Å². The molecular formula is C17H13BrO4S. The minimum atomic E-state index is -0.138. The molecular weight excluding hydrogens is 380 g/mol. The fraction of sp³-hybridized carbons (Fsp3) is 0.118. The van der Waals surface area contributed by atoms with Gasteiger partial charge in [-0.05, 0) is 17.7 Å². The van der Waals surface area contributed by atoms with Gasteiger partial charge in [0.2, 0.25) is 5.43 Å². The van der Waals surface area contributed by atoms with Gasteiger partial charge in [0, 0.05) is 22.9 Å². The molecule has 3 aromatic rings. The van der Waals surface area contributed by atoms with Gasteiger partial charge in [0.25, 0.3) is 0 Å². The number of fused-ring (bicyclic) bond motifs is 1. The summed E-state index contributed by atoms with van der Waals surface area (Å²) in [6.45, 7) is 0. The van der Waals surface area contributed by atoms with E-state index in [1.54, 1.807) is 12.1 Å². The summed E-state index contributed by atoms with van der Waals surface area (Å²) in [5.41, 5.74) is 1.57. The molecule has 0 aliphatic heterocycles. The lowest BCUT2D eigenvalue weighted by Gasteiger charge is -2.09. The minimum Gasteiger partial charge on any atom is -0.496 e. The summed E-state index contributed by atoms with van der Waals surface area (Å²) in [6, 6.07) is 10.8. The molecule has 0 aliphatic carbocycles. The first-order chi connectivity index (χ1) is 11.1. The first-order valence-corrected chi connectivity index (χ1v) is 8.68. The van der Waals surface area contributed by atoms with Gasteiger partial charge < -0.3 is 13.3 Å². The average Bonchev–Trinajstić information content (AvgIpc) is 2.56. The highest BCUT2D eigenvalue weighted by Gasteiger charge is 2.15. The van der Waals surface area contributed by atoms with E-state index in [0.29, 0.717) is 28.0 Å². The van der Waals surface area contributed by atoms with E-state index in [2.05, 4.69) is 15.9 Å². The fourth-order valence-electron chi connectivity index (χ4n) is 2.33. The van der Waals surface area contributed by atoms with Crippen LogP contribution in [0.1, 0.15) is 0 Å². The molecule has 3 rings (SSSR count). The maximum atomic E-state index is 12.9. The summed E-state index contributed by atoms with van der Waals surface area (Å²) >= 11 is 4.59. The smallest absolute Gasteiger partial charge is 0.204 e. The van der Waals surface area contributed by atoms with Gasteiger partial charge in [-0.2, -0.15) is 0 Å². The molecule has 118 valence electrons. The monoisotopic (exact) mass is 392 g/mol. The summed E-state index contributed by atoms with van der Waals surface area (Å²) in [5, 5.41) is 0.404. The molecule has 0 saturated heterocycles.